The first kappa shape index (κ1) is 16.0. The molecular weight excluding hydrogens is 296 g/mol. The van der Waals surface area contributed by atoms with Crippen molar-refractivity contribution >= 4 is 16.0 Å². The fraction of sp³-hybridized carbons (Fsp3) is 0.692. The molecule has 21 heavy (non-hydrogen) atoms. The highest BCUT2D eigenvalue weighted by Gasteiger charge is 2.32. The molecule has 0 aromatic carbocycles. The summed E-state index contributed by atoms with van der Waals surface area (Å²) in [5, 5.41) is 12.8. The second kappa shape index (κ2) is 6.15. The van der Waals surface area contributed by atoms with Crippen molar-refractivity contribution in [2.75, 3.05) is 6.54 Å². The number of hydrogen-bond acceptors (Lipinski definition) is 5. The maximum atomic E-state index is 12.3. The SMILES string of the molecule is Cc1noc(C)c1S(=O)(=O)NCC1CCCCC1C(=O)O. The summed E-state index contributed by atoms with van der Waals surface area (Å²) in [4.78, 5) is 11.3. The number of aliphatic carboxylic acids is 1. The number of sulfonamides is 1. The molecule has 118 valence electrons. The standard InChI is InChI=1S/C13H20N2O5S/c1-8-12(9(2)20-15-8)21(18,19)14-7-10-5-3-4-6-11(10)13(16)17/h10-11,14H,3-7H2,1-2H3,(H,16,17). The molecule has 0 saturated heterocycles. The van der Waals surface area contributed by atoms with E-state index in [0.29, 0.717) is 12.1 Å². The van der Waals surface area contributed by atoms with Crippen LogP contribution in [0.1, 0.15) is 37.1 Å². The summed E-state index contributed by atoms with van der Waals surface area (Å²) in [7, 11) is -3.73. The average Bonchev–Trinajstić information content (AvgIpc) is 2.77. The highest BCUT2D eigenvalue weighted by atomic mass is 32.2. The van der Waals surface area contributed by atoms with Gasteiger partial charge < -0.3 is 9.63 Å². The molecule has 0 bridgehead atoms. The number of carboxylic acid groups (broad SMARTS) is 1. The quantitative estimate of drug-likeness (QED) is 0.851. The zero-order valence-corrected chi connectivity index (χ0v) is 12.9. The average molecular weight is 316 g/mol. The van der Waals surface area contributed by atoms with Crippen LogP contribution in [0.2, 0.25) is 0 Å². The molecule has 1 aliphatic carbocycles. The van der Waals surface area contributed by atoms with Gasteiger partial charge in [0.05, 0.1) is 5.92 Å². The van der Waals surface area contributed by atoms with Crippen molar-refractivity contribution in [2.24, 2.45) is 11.8 Å². The van der Waals surface area contributed by atoms with Crippen LogP contribution < -0.4 is 4.72 Å². The predicted octanol–water partition coefficient (Wildman–Crippen LogP) is 1.46. The molecule has 2 N–H and O–H groups in total. The minimum atomic E-state index is -3.73. The Morgan fingerprint density at radius 1 is 1.38 bits per heavy atom. The van der Waals surface area contributed by atoms with Gasteiger partial charge in [-0.05, 0) is 32.6 Å². The van der Waals surface area contributed by atoms with Gasteiger partial charge in [-0.3, -0.25) is 4.79 Å². The summed E-state index contributed by atoms with van der Waals surface area (Å²) in [6.07, 6.45) is 3.14. The number of aromatic nitrogens is 1. The molecule has 0 amide bonds. The molecule has 8 heteroatoms. The lowest BCUT2D eigenvalue weighted by atomic mass is 9.79. The van der Waals surface area contributed by atoms with E-state index < -0.39 is 21.9 Å². The molecular formula is C13H20N2O5S. The van der Waals surface area contributed by atoms with Crippen LogP contribution in [-0.2, 0) is 14.8 Å². The van der Waals surface area contributed by atoms with Gasteiger partial charge >= 0.3 is 5.97 Å². The first-order chi connectivity index (χ1) is 9.83. The van der Waals surface area contributed by atoms with Crippen molar-refractivity contribution in [2.45, 2.75) is 44.4 Å². The fourth-order valence-electron chi connectivity index (χ4n) is 2.92. The highest BCUT2D eigenvalue weighted by molar-refractivity contribution is 7.89. The molecule has 1 aromatic heterocycles. The number of carboxylic acids is 1. The number of hydrogen-bond donors (Lipinski definition) is 2. The van der Waals surface area contributed by atoms with E-state index in [1.165, 1.54) is 6.92 Å². The van der Waals surface area contributed by atoms with Crippen LogP contribution in [0.5, 0.6) is 0 Å². The summed E-state index contributed by atoms with van der Waals surface area (Å²) >= 11 is 0. The molecule has 2 atom stereocenters. The van der Waals surface area contributed by atoms with E-state index in [1.54, 1.807) is 6.92 Å². The zero-order chi connectivity index (χ0) is 15.6. The monoisotopic (exact) mass is 316 g/mol. The molecule has 7 nitrogen and oxygen atoms in total. The Morgan fingerprint density at radius 3 is 2.62 bits per heavy atom. The Hall–Kier alpha value is -1.41. The molecule has 1 aliphatic rings. The van der Waals surface area contributed by atoms with E-state index >= 15 is 0 Å². The van der Waals surface area contributed by atoms with Gasteiger partial charge in [-0.15, -0.1) is 0 Å². The van der Waals surface area contributed by atoms with Crippen molar-refractivity contribution in [1.82, 2.24) is 9.88 Å². The van der Waals surface area contributed by atoms with Gasteiger partial charge in [-0.1, -0.05) is 18.0 Å². The summed E-state index contributed by atoms with van der Waals surface area (Å²) in [6.45, 7) is 3.23. The number of rotatable bonds is 5. The minimum Gasteiger partial charge on any atom is -0.481 e. The van der Waals surface area contributed by atoms with Crippen LogP contribution >= 0.6 is 0 Å². The summed E-state index contributed by atoms with van der Waals surface area (Å²) < 4.78 is 32.0. The number of aryl methyl sites for hydroxylation is 2. The van der Waals surface area contributed by atoms with Crippen molar-refractivity contribution in [1.29, 1.82) is 0 Å². The Labute approximate surface area is 123 Å². The van der Waals surface area contributed by atoms with Crippen molar-refractivity contribution in [3.05, 3.63) is 11.5 Å². The molecule has 0 radical (unpaired) electrons. The number of nitrogens with zero attached hydrogens (tertiary/aromatic N) is 1. The third-order valence-electron chi connectivity index (χ3n) is 4.00. The van der Waals surface area contributed by atoms with Crippen molar-refractivity contribution in [3.8, 4) is 0 Å². The number of nitrogens with one attached hydrogen (secondary N) is 1. The van der Waals surface area contributed by atoms with Gasteiger partial charge in [0, 0.05) is 6.54 Å². The van der Waals surface area contributed by atoms with Crippen LogP contribution in [0.25, 0.3) is 0 Å². The van der Waals surface area contributed by atoms with Crippen LogP contribution in [0.3, 0.4) is 0 Å². The van der Waals surface area contributed by atoms with Gasteiger partial charge in [-0.25, -0.2) is 13.1 Å². The van der Waals surface area contributed by atoms with Crippen LogP contribution in [0.4, 0.5) is 0 Å². The highest BCUT2D eigenvalue weighted by Crippen LogP contribution is 2.30. The molecule has 1 saturated carbocycles. The summed E-state index contributed by atoms with van der Waals surface area (Å²) in [5.74, 6) is -1.27. The molecule has 0 spiro atoms. The van der Waals surface area contributed by atoms with Gasteiger partial charge in [-0.2, -0.15) is 0 Å². The van der Waals surface area contributed by atoms with E-state index in [9.17, 15) is 18.3 Å². The van der Waals surface area contributed by atoms with Gasteiger partial charge in [0.2, 0.25) is 10.0 Å². The lowest BCUT2D eigenvalue weighted by Gasteiger charge is -2.28. The molecule has 1 aromatic rings. The van der Waals surface area contributed by atoms with E-state index in [4.69, 9.17) is 4.52 Å². The molecule has 2 rings (SSSR count). The third kappa shape index (κ3) is 3.44. The zero-order valence-electron chi connectivity index (χ0n) is 12.1. The Balaban J connectivity index is 2.09. The first-order valence-corrected chi connectivity index (χ1v) is 8.46. The Kier molecular flexibility index (Phi) is 4.67. The molecule has 0 aliphatic heterocycles. The third-order valence-corrected chi connectivity index (χ3v) is 5.67. The molecule has 2 unspecified atom stereocenters. The molecule has 1 heterocycles. The fourth-order valence-corrected chi connectivity index (χ4v) is 4.34. The Morgan fingerprint density at radius 2 is 2.05 bits per heavy atom. The Bertz CT molecular complexity index is 603. The maximum absolute atomic E-state index is 12.3. The predicted molar refractivity (Wildman–Crippen MR) is 74.2 cm³/mol. The lowest BCUT2D eigenvalue weighted by Crippen LogP contribution is -2.37. The van der Waals surface area contributed by atoms with Gasteiger partial charge in [0.15, 0.2) is 5.76 Å². The van der Waals surface area contributed by atoms with Crippen LogP contribution in [0.15, 0.2) is 9.42 Å². The first-order valence-electron chi connectivity index (χ1n) is 6.98. The van der Waals surface area contributed by atoms with Crippen molar-refractivity contribution < 1.29 is 22.8 Å². The van der Waals surface area contributed by atoms with E-state index in [1.807, 2.05) is 0 Å². The largest absolute Gasteiger partial charge is 0.481 e. The van der Waals surface area contributed by atoms with Gasteiger partial charge in [0.1, 0.15) is 10.6 Å². The summed E-state index contributed by atoms with van der Waals surface area (Å²) in [6, 6.07) is 0. The molecule has 1 fully saturated rings. The van der Waals surface area contributed by atoms with Crippen LogP contribution in [0, 0.1) is 25.7 Å². The van der Waals surface area contributed by atoms with Crippen LogP contribution in [-0.4, -0.2) is 31.2 Å². The van der Waals surface area contributed by atoms with E-state index in [2.05, 4.69) is 9.88 Å². The lowest BCUT2D eigenvalue weighted by molar-refractivity contribution is -0.144. The van der Waals surface area contributed by atoms with Crippen molar-refractivity contribution in [3.63, 3.8) is 0 Å². The normalized spacial score (nSPS) is 23.1. The van der Waals surface area contributed by atoms with E-state index in [-0.39, 0.29) is 23.1 Å². The summed E-state index contributed by atoms with van der Waals surface area (Å²) in [5.41, 5.74) is 0.304. The topological polar surface area (TPSA) is 110 Å². The maximum Gasteiger partial charge on any atom is 0.306 e. The van der Waals surface area contributed by atoms with E-state index in [0.717, 1.165) is 19.3 Å². The minimum absolute atomic E-state index is 0.0465. The number of carbonyl (C=O) groups is 1. The second-order valence-corrected chi connectivity index (χ2v) is 7.20. The smallest absolute Gasteiger partial charge is 0.306 e. The van der Waals surface area contributed by atoms with Gasteiger partial charge in [0.25, 0.3) is 0 Å². The second-order valence-electron chi connectivity index (χ2n) is 5.49.